The van der Waals surface area contributed by atoms with Crippen LogP contribution in [0.1, 0.15) is 33.1 Å². The van der Waals surface area contributed by atoms with Crippen molar-refractivity contribution < 1.29 is 9.53 Å². The molecule has 0 bridgehead atoms. The van der Waals surface area contributed by atoms with Gasteiger partial charge >= 0.3 is 0 Å². The summed E-state index contributed by atoms with van der Waals surface area (Å²) in [4.78, 5) is 15.9. The standard InChI is InChI=1S/C18H28N4O2.HI/c1-3-15(24-16-8-6-5-7-9-16)13-21-18(19-4-2)22-14-10-11-17(23)20-12-14;/h5-9,14-15H,3-4,10-13H2,1-2H3,(H,20,23)(H2,19,21,22);1H. The monoisotopic (exact) mass is 460 g/mol. The highest BCUT2D eigenvalue weighted by Gasteiger charge is 2.18. The normalized spacial score (nSPS) is 18.6. The van der Waals surface area contributed by atoms with E-state index < -0.39 is 0 Å². The third-order valence-electron chi connectivity index (χ3n) is 3.90. The van der Waals surface area contributed by atoms with Gasteiger partial charge in [0, 0.05) is 25.6 Å². The lowest BCUT2D eigenvalue weighted by molar-refractivity contribution is -0.122. The number of para-hydroxylation sites is 1. The molecule has 1 amide bonds. The lowest BCUT2D eigenvalue weighted by atomic mass is 10.1. The predicted octanol–water partition coefficient (Wildman–Crippen LogP) is 2.30. The first-order chi connectivity index (χ1) is 11.7. The molecule has 0 aliphatic carbocycles. The van der Waals surface area contributed by atoms with Crippen LogP contribution in [-0.2, 0) is 4.79 Å². The van der Waals surface area contributed by atoms with E-state index >= 15 is 0 Å². The van der Waals surface area contributed by atoms with Crippen LogP contribution in [0.5, 0.6) is 5.75 Å². The molecule has 0 radical (unpaired) electrons. The number of nitrogens with zero attached hydrogens (tertiary/aromatic N) is 1. The molecule has 2 atom stereocenters. The van der Waals surface area contributed by atoms with Crippen molar-refractivity contribution in [1.29, 1.82) is 0 Å². The Bertz CT molecular complexity index is 529. The Morgan fingerprint density at radius 2 is 2.12 bits per heavy atom. The largest absolute Gasteiger partial charge is 0.489 e. The summed E-state index contributed by atoms with van der Waals surface area (Å²) < 4.78 is 5.98. The minimum absolute atomic E-state index is 0. The number of amides is 1. The molecule has 25 heavy (non-hydrogen) atoms. The van der Waals surface area contributed by atoms with Crippen LogP contribution in [0.25, 0.3) is 0 Å². The van der Waals surface area contributed by atoms with Crippen LogP contribution in [0.3, 0.4) is 0 Å². The van der Waals surface area contributed by atoms with Gasteiger partial charge in [-0.1, -0.05) is 25.1 Å². The van der Waals surface area contributed by atoms with Gasteiger partial charge in [-0.2, -0.15) is 0 Å². The van der Waals surface area contributed by atoms with E-state index in [9.17, 15) is 4.79 Å². The SMILES string of the molecule is CCNC(=NCC(CC)Oc1ccccc1)NC1CCC(=O)NC1.I. The number of aliphatic imine (C=N–C) groups is 1. The first-order valence-electron chi connectivity index (χ1n) is 8.74. The fourth-order valence-corrected chi connectivity index (χ4v) is 2.50. The molecule has 0 aromatic heterocycles. The van der Waals surface area contributed by atoms with Gasteiger partial charge in [-0.3, -0.25) is 4.79 Å². The Morgan fingerprint density at radius 1 is 1.36 bits per heavy atom. The fourth-order valence-electron chi connectivity index (χ4n) is 2.50. The number of nitrogens with one attached hydrogen (secondary N) is 3. The molecule has 0 spiro atoms. The van der Waals surface area contributed by atoms with Crippen LogP contribution in [-0.4, -0.2) is 43.6 Å². The van der Waals surface area contributed by atoms with Crippen molar-refractivity contribution in [2.45, 2.75) is 45.3 Å². The zero-order chi connectivity index (χ0) is 17.2. The summed E-state index contributed by atoms with van der Waals surface area (Å²) >= 11 is 0. The van der Waals surface area contributed by atoms with Gasteiger partial charge in [0.2, 0.25) is 5.91 Å². The Labute approximate surface area is 167 Å². The quantitative estimate of drug-likeness (QED) is 0.332. The molecule has 1 aliphatic rings. The van der Waals surface area contributed by atoms with Gasteiger partial charge in [0.1, 0.15) is 11.9 Å². The molecule has 1 aliphatic heterocycles. The number of piperidine rings is 1. The molecular weight excluding hydrogens is 431 g/mol. The molecule has 1 aromatic rings. The molecule has 6 nitrogen and oxygen atoms in total. The molecule has 7 heteroatoms. The predicted molar refractivity (Wildman–Crippen MR) is 112 cm³/mol. The molecule has 2 rings (SSSR count). The molecule has 140 valence electrons. The topological polar surface area (TPSA) is 74.8 Å². The number of carbonyl (C=O) groups excluding carboxylic acids is 1. The summed E-state index contributed by atoms with van der Waals surface area (Å²) in [6.45, 7) is 6.15. The van der Waals surface area contributed by atoms with Crippen molar-refractivity contribution >= 4 is 35.8 Å². The van der Waals surface area contributed by atoms with E-state index in [0.717, 1.165) is 31.1 Å². The first-order valence-corrected chi connectivity index (χ1v) is 8.74. The van der Waals surface area contributed by atoms with Gasteiger partial charge in [-0.15, -0.1) is 24.0 Å². The average Bonchev–Trinajstić information content (AvgIpc) is 2.61. The van der Waals surface area contributed by atoms with Crippen molar-refractivity contribution in [3.05, 3.63) is 30.3 Å². The Hall–Kier alpha value is -1.51. The average molecular weight is 460 g/mol. The van der Waals surface area contributed by atoms with E-state index in [1.165, 1.54) is 0 Å². The van der Waals surface area contributed by atoms with E-state index in [4.69, 9.17) is 4.74 Å². The lowest BCUT2D eigenvalue weighted by Gasteiger charge is -2.25. The highest BCUT2D eigenvalue weighted by Crippen LogP contribution is 2.12. The van der Waals surface area contributed by atoms with Crippen LogP contribution < -0.4 is 20.7 Å². The highest BCUT2D eigenvalue weighted by molar-refractivity contribution is 14.0. The molecule has 3 N–H and O–H groups in total. The van der Waals surface area contributed by atoms with Crippen LogP contribution in [0.2, 0.25) is 0 Å². The molecule has 1 heterocycles. The summed E-state index contributed by atoms with van der Waals surface area (Å²) in [5.74, 6) is 1.76. The zero-order valence-corrected chi connectivity index (χ0v) is 17.3. The van der Waals surface area contributed by atoms with Crippen molar-refractivity contribution in [3.63, 3.8) is 0 Å². The third-order valence-corrected chi connectivity index (χ3v) is 3.90. The molecule has 2 unspecified atom stereocenters. The first kappa shape index (κ1) is 21.5. The number of carbonyl (C=O) groups is 1. The number of halogens is 1. The summed E-state index contributed by atoms with van der Waals surface area (Å²) in [5.41, 5.74) is 0. The molecule has 1 fully saturated rings. The number of hydrogen-bond acceptors (Lipinski definition) is 3. The van der Waals surface area contributed by atoms with Crippen molar-refractivity contribution in [1.82, 2.24) is 16.0 Å². The lowest BCUT2D eigenvalue weighted by Crippen LogP contribution is -2.51. The fraction of sp³-hybridized carbons (Fsp3) is 0.556. The smallest absolute Gasteiger partial charge is 0.220 e. The van der Waals surface area contributed by atoms with Gasteiger partial charge in [-0.05, 0) is 31.9 Å². The maximum absolute atomic E-state index is 11.2. The van der Waals surface area contributed by atoms with Gasteiger partial charge in [0.25, 0.3) is 0 Å². The van der Waals surface area contributed by atoms with E-state index in [0.29, 0.717) is 19.5 Å². The molecule has 1 saturated heterocycles. The molecule has 1 aromatic carbocycles. The summed E-state index contributed by atoms with van der Waals surface area (Å²) in [5, 5.41) is 9.52. The van der Waals surface area contributed by atoms with E-state index in [-0.39, 0.29) is 42.0 Å². The van der Waals surface area contributed by atoms with E-state index in [1.54, 1.807) is 0 Å². The second kappa shape index (κ2) is 11.9. The number of hydrogen-bond donors (Lipinski definition) is 3. The van der Waals surface area contributed by atoms with E-state index in [2.05, 4.69) is 27.9 Å². The van der Waals surface area contributed by atoms with Crippen LogP contribution >= 0.6 is 24.0 Å². The second-order valence-corrected chi connectivity index (χ2v) is 5.86. The molecular formula is C18H29IN4O2. The van der Waals surface area contributed by atoms with Gasteiger partial charge in [0.15, 0.2) is 5.96 Å². The Kier molecular flexibility index (Phi) is 10.3. The minimum Gasteiger partial charge on any atom is -0.489 e. The van der Waals surface area contributed by atoms with Crippen molar-refractivity contribution in [2.75, 3.05) is 19.6 Å². The second-order valence-electron chi connectivity index (χ2n) is 5.86. The van der Waals surface area contributed by atoms with Gasteiger partial charge < -0.3 is 20.7 Å². The highest BCUT2D eigenvalue weighted by atomic mass is 127. The van der Waals surface area contributed by atoms with Crippen molar-refractivity contribution in [3.8, 4) is 5.75 Å². The maximum Gasteiger partial charge on any atom is 0.220 e. The summed E-state index contributed by atoms with van der Waals surface area (Å²) in [6.07, 6.45) is 2.31. The zero-order valence-electron chi connectivity index (χ0n) is 15.0. The Balaban J connectivity index is 0.00000312. The summed E-state index contributed by atoms with van der Waals surface area (Å²) in [7, 11) is 0. The van der Waals surface area contributed by atoms with Gasteiger partial charge in [-0.25, -0.2) is 4.99 Å². The number of ether oxygens (including phenoxy) is 1. The summed E-state index contributed by atoms with van der Waals surface area (Å²) in [6, 6.07) is 10.0. The maximum atomic E-state index is 11.2. The Morgan fingerprint density at radius 3 is 2.72 bits per heavy atom. The van der Waals surface area contributed by atoms with Gasteiger partial charge in [0.05, 0.1) is 6.54 Å². The minimum atomic E-state index is 0. The van der Waals surface area contributed by atoms with E-state index in [1.807, 2.05) is 37.3 Å². The van der Waals surface area contributed by atoms with Crippen LogP contribution in [0.4, 0.5) is 0 Å². The van der Waals surface area contributed by atoms with Crippen LogP contribution in [0.15, 0.2) is 35.3 Å². The van der Waals surface area contributed by atoms with Crippen LogP contribution in [0, 0.1) is 0 Å². The number of benzene rings is 1. The number of guanidine groups is 1. The third kappa shape index (κ3) is 7.94. The van der Waals surface area contributed by atoms with Crippen molar-refractivity contribution in [2.24, 2.45) is 4.99 Å². The number of rotatable bonds is 7. The molecule has 0 saturated carbocycles.